The van der Waals surface area contributed by atoms with Gasteiger partial charge >= 0.3 is 0 Å². The lowest BCUT2D eigenvalue weighted by atomic mass is 10.4. The first-order valence-corrected chi connectivity index (χ1v) is 7.32. The van der Waals surface area contributed by atoms with Crippen molar-refractivity contribution in [3.8, 4) is 0 Å². The van der Waals surface area contributed by atoms with Crippen molar-refractivity contribution < 1.29 is 9.47 Å². The molecular weight excluding hydrogens is 192 g/mol. The van der Waals surface area contributed by atoms with Crippen molar-refractivity contribution in [2.45, 2.75) is 45.4 Å². The molecule has 14 heavy (non-hydrogen) atoms. The first-order valence-electron chi connectivity index (χ1n) is 5.69. The van der Waals surface area contributed by atoms with Crippen LogP contribution in [-0.4, -0.2) is 28.6 Å². The monoisotopic (exact) mass is 216 g/mol. The fraction of sp³-hybridized carbons (Fsp3) is 0.818. The van der Waals surface area contributed by atoms with E-state index in [-0.39, 0.29) is 5.91 Å². The Balaban J connectivity index is 3.49. The van der Waals surface area contributed by atoms with Gasteiger partial charge in [-0.1, -0.05) is 26.7 Å². The van der Waals surface area contributed by atoms with Crippen LogP contribution < -0.4 is 0 Å². The molecule has 3 heteroatoms. The zero-order valence-corrected chi connectivity index (χ0v) is 11.0. The van der Waals surface area contributed by atoms with Gasteiger partial charge in [-0.2, -0.15) is 0 Å². The second kappa shape index (κ2) is 11.0. The molecule has 0 aromatic heterocycles. The van der Waals surface area contributed by atoms with Crippen molar-refractivity contribution in [1.82, 2.24) is 0 Å². The summed E-state index contributed by atoms with van der Waals surface area (Å²) in [5.41, 5.74) is 1.99. The van der Waals surface area contributed by atoms with Crippen LogP contribution in [-0.2, 0) is 9.47 Å². The molecule has 0 aromatic carbocycles. The summed E-state index contributed by atoms with van der Waals surface area (Å²) < 4.78 is 11.3. The van der Waals surface area contributed by atoms with Crippen LogP contribution in [0.2, 0.25) is 0 Å². The SMILES string of the molecule is C=C[SiH2]C(OCCCC)OCCCC. The van der Waals surface area contributed by atoms with Gasteiger partial charge in [-0.3, -0.25) is 0 Å². The van der Waals surface area contributed by atoms with Crippen molar-refractivity contribution >= 4 is 9.52 Å². The molecule has 0 N–H and O–H groups in total. The zero-order valence-electron chi connectivity index (χ0n) is 9.63. The van der Waals surface area contributed by atoms with Gasteiger partial charge in [0.05, 0.1) is 0 Å². The third kappa shape index (κ3) is 8.47. The number of rotatable bonds is 10. The fourth-order valence-electron chi connectivity index (χ4n) is 1.04. The third-order valence-electron chi connectivity index (χ3n) is 1.96. The lowest BCUT2D eigenvalue weighted by Gasteiger charge is -2.16. The number of unbranched alkanes of at least 4 members (excludes halogenated alkanes) is 2. The van der Waals surface area contributed by atoms with E-state index in [2.05, 4.69) is 20.4 Å². The molecule has 0 heterocycles. The van der Waals surface area contributed by atoms with Crippen LogP contribution in [0.3, 0.4) is 0 Å². The Hall–Kier alpha value is -0.123. The van der Waals surface area contributed by atoms with E-state index >= 15 is 0 Å². The summed E-state index contributed by atoms with van der Waals surface area (Å²) in [5, 5.41) is 0. The number of ether oxygens (including phenoxy) is 2. The average Bonchev–Trinajstić information content (AvgIpc) is 2.18. The Morgan fingerprint density at radius 3 is 2.00 bits per heavy atom. The van der Waals surface area contributed by atoms with E-state index < -0.39 is 9.52 Å². The van der Waals surface area contributed by atoms with Crippen molar-refractivity contribution in [2.24, 2.45) is 0 Å². The van der Waals surface area contributed by atoms with E-state index in [4.69, 9.17) is 9.47 Å². The molecule has 0 saturated carbocycles. The second-order valence-electron chi connectivity index (χ2n) is 3.40. The van der Waals surface area contributed by atoms with Gasteiger partial charge in [-0.05, 0) is 12.8 Å². The van der Waals surface area contributed by atoms with Crippen molar-refractivity contribution in [3.63, 3.8) is 0 Å². The summed E-state index contributed by atoms with van der Waals surface area (Å²) in [7, 11) is -0.401. The van der Waals surface area contributed by atoms with E-state index in [9.17, 15) is 0 Å². The van der Waals surface area contributed by atoms with Crippen molar-refractivity contribution in [3.05, 3.63) is 12.3 Å². The predicted octanol–water partition coefficient (Wildman–Crippen LogP) is 2.22. The smallest absolute Gasteiger partial charge is 0.139 e. The maximum absolute atomic E-state index is 5.64. The van der Waals surface area contributed by atoms with Crippen LogP contribution in [0.25, 0.3) is 0 Å². The van der Waals surface area contributed by atoms with Gasteiger partial charge < -0.3 is 9.47 Å². The van der Waals surface area contributed by atoms with Crippen LogP contribution in [0.1, 0.15) is 39.5 Å². The minimum absolute atomic E-state index is 0.0607. The van der Waals surface area contributed by atoms with Crippen molar-refractivity contribution in [1.29, 1.82) is 0 Å². The number of hydrogen-bond acceptors (Lipinski definition) is 2. The van der Waals surface area contributed by atoms with Gasteiger partial charge in [0.1, 0.15) is 15.4 Å². The standard InChI is InChI=1S/C11H24O2Si/c1-4-7-9-12-11(14-6-3)13-10-8-5-2/h6,11H,3-5,7-10,14H2,1-2H3. The van der Waals surface area contributed by atoms with Crippen LogP contribution in [0.5, 0.6) is 0 Å². The quantitative estimate of drug-likeness (QED) is 0.317. The molecule has 0 unspecified atom stereocenters. The highest BCUT2D eigenvalue weighted by molar-refractivity contribution is 6.42. The Labute approximate surface area is 90.5 Å². The van der Waals surface area contributed by atoms with Gasteiger partial charge in [0.15, 0.2) is 0 Å². The molecule has 0 spiro atoms. The van der Waals surface area contributed by atoms with E-state index in [1.165, 1.54) is 12.8 Å². The summed E-state index contributed by atoms with van der Waals surface area (Å²) in [6.45, 7) is 9.75. The molecule has 0 aliphatic rings. The van der Waals surface area contributed by atoms with E-state index in [0.717, 1.165) is 26.1 Å². The molecule has 0 aliphatic carbocycles. The summed E-state index contributed by atoms with van der Waals surface area (Å²) in [6.07, 6.45) is 4.60. The Morgan fingerprint density at radius 1 is 1.14 bits per heavy atom. The molecule has 0 radical (unpaired) electrons. The molecule has 0 saturated heterocycles. The zero-order chi connectivity index (χ0) is 10.6. The Bertz CT molecular complexity index is 118. The molecule has 0 atom stereocenters. The highest BCUT2D eigenvalue weighted by Crippen LogP contribution is 1.99. The van der Waals surface area contributed by atoms with Crippen molar-refractivity contribution in [2.75, 3.05) is 13.2 Å². The van der Waals surface area contributed by atoms with Crippen LogP contribution in [0.4, 0.5) is 0 Å². The fourth-order valence-corrected chi connectivity index (χ4v) is 1.92. The lowest BCUT2D eigenvalue weighted by Crippen LogP contribution is -2.24. The maximum atomic E-state index is 5.64. The number of hydrogen-bond donors (Lipinski definition) is 0. The lowest BCUT2D eigenvalue weighted by molar-refractivity contribution is -0.0912. The third-order valence-corrected chi connectivity index (χ3v) is 3.15. The molecular formula is C11H24O2Si. The van der Waals surface area contributed by atoms with Gasteiger partial charge in [0.2, 0.25) is 0 Å². The highest BCUT2D eigenvalue weighted by atomic mass is 28.2. The second-order valence-corrected chi connectivity index (χ2v) is 5.12. The summed E-state index contributed by atoms with van der Waals surface area (Å²) in [5.74, 6) is 0.0607. The minimum atomic E-state index is -0.401. The van der Waals surface area contributed by atoms with Gasteiger partial charge in [0.25, 0.3) is 0 Å². The first-order chi connectivity index (χ1) is 6.85. The minimum Gasteiger partial charge on any atom is -0.357 e. The molecule has 0 aromatic rings. The van der Waals surface area contributed by atoms with E-state index in [1.54, 1.807) is 0 Å². The summed E-state index contributed by atoms with van der Waals surface area (Å²) in [6, 6.07) is 0. The largest absolute Gasteiger partial charge is 0.357 e. The summed E-state index contributed by atoms with van der Waals surface area (Å²) >= 11 is 0. The highest BCUT2D eigenvalue weighted by Gasteiger charge is 2.06. The molecule has 0 amide bonds. The maximum Gasteiger partial charge on any atom is 0.139 e. The van der Waals surface area contributed by atoms with Gasteiger partial charge in [-0.25, -0.2) is 0 Å². The summed E-state index contributed by atoms with van der Waals surface area (Å²) in [4.78, 5) is 0. The topological polar surface area (TPSA) is 18.5 Å². The molecule has 0 rings (SSSR count). The predicted molar refractivity (Wildman–Crippen MR) is 64.2 cm³/mol. The Kier molecular flexibility index (Phi) is 10.9. The molecule has 0 aliphatic heterocycles. The average molecular weight is 216 g/mol. The van der Waals surface area contributed by atoms with Crippen LogP contribution in [0.15, 0.2) is 12.3 Å². The van der Waals surface area contributed by atoms with Crippen LogP contribution in [0, 0.1) is 0 Å². The first kappa shape index (κ1) is 13.9. The Morgan fingerprint density at radius 2 is 1.64 bits per heavy atom. The molecule has 0 bridgehead atoms. The van der Waals surface area contributed by atoms with Gasteiger partial charge in [-0.15, -0.1) is 12.3 Å². The normalized spacial score (nSPS) is 11.6. The van der Waals surface area contributed by atoms with E-state index in [0.29, 0.717) is 0 Å². The molecule has 84 valence electrons. The van der Waals surface area contributed by atoms with E-state index in [1.807, 2.05) is 5.70 Å². The van der Waals surface area contributed by atoms with Crippen LogP contribution >= 0.6 is 0 Å². The molecule has 2 nitrogen and oxygen atoms in total. The van der Waals surface area contributed by atoms with Gasteiger partial charge in [0, 0.05) is 13.2 Å². The molecule has 0 fully saturated rings.